The molecule has 0 saturated heterocycles. The Morgan fingerprint density at radius 3 is 2.62 bits per heavy atom. The van der Waals surface area contributed by atoms with Crippen molar-refractivity contribution in [2.45, 2.75) is 6.92 Å². The van der Waals surface area contributed by atoms with Crippen molar-refractivity contribution in [3.05, 3.63) is 81.4 Å². The second-order valence-corrected chi connectivity index (χ2v) is 7.23. The second-order valence-electron chi connectivity index (χ2n) is 6.07. The highest BCUT2D eigenvalue weighted by Gasteiger charge is 2.12. The molecule has 1 aromatic heterocycles. The van der Waals surface area contributed by atoms with Crippen LogP contribution in [0.1, 0.15) is 15.9 Å². The number of halogens is 1. The van der Waals surface area contributed by atoms with Crippen molar-refractivity contribution < 1.29 is 4.79 Å². The monoisotopic (exact) mass is 453 g/mol. The van der Waals surface area contributed by atoms with E-state index in [2.05, 4.69) is 37.9 Å². The molecular weight excluding hydrogens is 437 g/mol. The number of aryl methyl sites for hydroxylation is 1. The van der Waals surface area contributed by atoms with E-state index in [1.54, 1.807) is 0 Å². The minimum Gasteiger partial charge on any atom is -0.338 e. The first-order valence-corrected chi connectivity index (χ1v) is 9.31. The van der Waals surface area contributed by atoms with Crippen LogP contribution in [0, 0.1) is 10.5 Å². The van der Waals surface area contributed by atoms with Gasteiger partial charge in [0.1, 0.15) is 5.82 Å². The van der Waals surface area contributed by atoms with Crippen molar-refractivity contribution in [2.24, 2.45) is 0 Å². The van der Waals surface area contributed by atoms with Gasteiger partial charge in [-0.05, 0) is 65.4 Å². The standard InChI is InChI=1S/C21H16IN3O/c1-13-10-11-14(20-23-17-8-4-5-9-18(17)24-20)12-19(13)25-21(26)15-6-2-3-7-16(15)22/h2-12H,1H3,(H,23,24)(H,25,26). The van der Waals surface area contributed by atoms with Gasteiger partial charge in [0.05, 0.1) is 16.6 Å². The molecule has 4 rings (SSSR count). The quantitative estimate of drug-likeness (QED) is 0.409. The van der Waals surface area contributed by atoms with Crippen LogP contribution in [0.3, 0.4) is 0 Å². The lowest BCUT2D eigenvalue weighted by molar-refractivity contribution is 0.102. The highest BCUT2D eigenvalue weighted by molar-refractivity contribution is 14.1. The summed E-state index contributed by atoms with van der Waals surface area (Å²) >= 11 is 2.17. The molecule has 3 aromatic carbocycles. The predicted molar refractivity (Wildman–Crippen MR) is 113 cm³/mol. The SMILES string of the molecule is Cc1ccc(-c2nc3ccccc3[nH]2)cc1NC(=O)c1ccccc1I. The van der Waals surface area contributed by atoms with Crippen molar-refractivity contribution in [3.8, 4) is 11.4 Å². The lowest BCUT2D eigenvalue weighted by Gasteiger charge is -2.11. The average Bonchev–Trinajstić information content (AvgIpc) is 3.08. The zero-order valence-electron chi connectivity index (χ0n) is 14.1. The summed E-state index contributed by atoms with van der Waals surface area (Å²) in [7, 11) is 0. The number of aromatic amines is 1. The molecule has 4 nitrogen and oxygen atoms in total. The zero-order chi connectivity index (χ0) is 18.1. The summed E-state index contributed by atoms with van der Waals surface area (Å²) in [6.45, 7) is 1.98. The van der Waals surface area contributed by atoms with E-state index in [1.807, 2.05) is 73.7 Å². The number of imidazole rings is 1. The van der Waals surface area contributed by atoms with Gasteiger partial charge in [-0.15, -0.1) is 0 Å². The number of carbonyl (C=O) groups excluding carboxylic acids is 1. The number of rotatable bonds is 3. The second kappa shape index (κ2) is 6.92. The highest BCUT2D eigenvalue weighted by atomic mass is 127. The van der Waals surface area contributed by atoms with Crippen LogP contribution < -0.4 is 5.32 Å². The Morgan fingerprint density at radius 2 is 1.81 bits per heavy atom. The molecule has 0 spiro atoms. The molecule has 1 amide bonds. The number of para-hydroxylation sites is 2. The van der Waals surface area contributed by atoms with Gasteiger partial charge in [0, 0.05) is 14.8 Å². The average molecular weight is 453 g/mol. The van der Waals surface area contributed by atoms with Crippen molar-refractivity contribution in [3.63, 3.8) is 0 Å². The molecular formula is C21H16IN3O. The van der Waals surface area contributed by atoms with E-state index in [-0.39, 0.29) is 5.91 Å². The van der Waals surface area contributed by atoms with E-state index in [1.165, 1.54) is 0 Å². The van der Waals surface area contributed by atoms with E-state index in [9.17, 15) is 4.79 Å². The summed E-state index contributed by atoms with van der Waals surface area (Å²) in [5.74, 6) is 0.677. The van der Waals surface area contributed by atoms with Gasteiger partial charge in [0.2, 0.25) is 0 Å². The maximum Gasteiger partial charge on any atom is 0.256 e. The van der Waals surface area contributed by atoms with Gasteiger partial charge < -0.3 is 10.3 Å². The maximum absolute atomic E-state index is 12.6. The number of H-pyrrole nitrogens is 1. The highest BCUT2D eigenvalue weighted by Crippen LogP contribution is 2.26. The molecule has 0 aliphatic rings. The van der Waals surface area contributed by atoms with E-state index in [0.717, 1.165) is 37.2 Å². The van der Waals surface area contributed by atoms with E-state index >= 15 is 0 Å². The lowest BCUT2D eigenvalue weighted by atomic mass is 10.1. The number of aromatic nitrogens is 2. The Morgan fingerprint density at radius 1 is 1.04 bits per heavy atom. The molecule has 0 aliphatic heterocycles. The first-order valence-electron chi connectivity index (χ1n) is 8.23. The van der Waals surface area contributed by atoms with Crippen LogP contribution >= 0.6 is 22.6 Å². The number of hydrogen-bond donors (Lipinski definition) is 2. The minimum absolute atomic E-state index is 0.111. The fraction of sp³-hybridized carbons (Fsp3) is 0.0476. The van der Waals surface area contributed by atoms with Crippen LogP contribution in [0.25, 0.3) is 22.4 Å². The van der Waals surface area contributed by atoms with Gasteiger partial charge in [0.15, 0.2) is 0 Å². The third-order valence-corrected chi connectivity index (χ3v) is 5.21. The fourth-order valence-corrected chi connectivity index (χ4v) is 3.46. The van der Waals surface area contributed by atoms with Crippen molar-refractivity contribution in [1.82, 2.24) is 9.97 Å². The molecule has 26 heavy (non-hydrogen) atoms. The maximum atomic E-state index is 12.6. The summed E-state index contributed by atoms with van der Waals surface area (Å²) in [4.78, 5) is 20.6. The van der Waals surface area contributed by atoms with Crippen molar-refractivity contribution >= 4 is 45.2 Å². The Hall–Kier alpha value is -2.67. The summed E-state index contributed by atoms with van der Waals surface area (Å²) in [6, 6.07) is 21.4. The number of nitrogens with zero attached hydrogens (tertiary/aromatic N) is 1. The Balaban J connectivity index is 1.68. The fourth-order valence-electron chi connectivity index (χ4n) is 2.83. The minimum atomic E-state index is -0.111. The number of hydrogen-bond acceptors (Lipinski definition) is 2. The van der Waals surface area contributed by atoms with Crippen LogP contribution in [-0.2, 0) is 0 Å². The predicted octanol–water partition coefficient (Wildman–Crippen LogP) is 5.40. The third-order valence-electron chi connectivity index (χ3n) is 4.27. The number of amides is 1. The van der Waals surface area contributed by atoms with Crippen LogP contribution in [0.2, 0.25) is 0 Å². The first kappa shape index (κ1) is 16.8. The van der Waals surface area contributed by atoms with Crippen LogP contribution in [-0.4, -0.2) is 15.9 Å². The molecule has 1 heterocycles. The largest absolute Gasteiger partial charge is 0.338 e. The number of anilines is 1. The molecule has 2 N–H and O–H groups in total. The van der Waals surface area contributed by atoms with Crippen LogP contribution in [0.15, 0.2) is 66.7 Å². The van der Waals surface area contributed by atoms with Gasteiger partial charge >= 0.3 is 0 Å². The lowest BCUT2D eigenvalue weighted by Crippen LogP contribution is -2.14. The number of carbonyl (C=O) groups is 1. The van der Waals surface area contributed by atoms with Gasteiger partial charge in [-0.1, -0.05) is 36.4 Å². The Labute approximate surface area is 164 Å². The smallest absolute Gasteiger partial charge is 0.256 e. The molecule has 5 heteroatoms. The van der Waals surface area contributed by atoms with Crippen LogP contribution in [0.5, 0.6) is 0 Å². The Kier molecular flexibility index (Phi) is 4.46. The molecule has 0 unspecified atom stereocenters. The van der Waals surface area contributed by atoms with Crippen molar-refractivity contribution in [1.29, 1.82) is 0 Å². The van der Waals surface area contributed by atoms with Crippen LogP contribution in [0.4, 0.5) is 5.69 Å². The molecule has 0 fully saturated rings. The van der Waals surface area contributed by atoms with E-state index in [4.69, 9.17) is 0 Å². The van der Waals surface area contributed by atoms with E-state index < -0.39 is 0 Å². The summed E-state index contributed by atoms with van der Waals surface area (Å²) < 4.78 is 0.925. The molecule has 4 aromatic rings. The van der Waals surface area contributed by atoms with E-state index in [0.29, 0.717) is 5.56 Å². The molecule has 0 atom stereocenters. The summed E-state index contributed by atoms with van der Waals surface area (Å²) in [5, 5.41) is 3.03. The number of benzene rings is 3. The molecule has 0 aliphatic carbocycles. The van der Waals surface area contributed by atoms with Crippen molar-refractivity contribution in [2.75, 3.05) is 5.32 Å². The number of nitrogens with one attached hydrogen (secondary N) is 2. The van der Waals surface area contributed by atoms with Gasteiger partial charge in [0.25, 0.3) is 5.91 Å². The van der Waals surface area contributed by atoms with Gasteiger partial charge in [-0.2, -0.15) is 0 Å². The molecule has 128 valence electrons. The molecule has 0 bridgehead atoms. The molecule has 0 saturated carbocycles. The van der Waals surface area contributed by atoms with Gasteiger partial charge in [-0.3, -0.25) is 4.79 Å². The topological polar surface area (TPSA) is 57.8 Å². The first-order chi connectivity index (χ1) is 12.6. The normalized spacial score (nSPS) is 10.8. The van der Waals surface area contributed by atoms with Gasteiger partial charge in [-0.25, -0.2) is 4.98 Å². The summed E-state index contributed by atoms with van der Waals surface area (Å²) in [5.41, 5.74) is 5.31. The Bertz CT molecular complexity index is 1080. The molecule has 0 radical (unpaired) electrons. The number of fused-ring (bicyclic) bond motifs is 1. The third kappa shape index (κ3) is 3.22. The zero-order valence-corrected chi connectivity index (χ0v) is 16.2. The summed E-state index contributed by atoms with van der Waals surface area (Å²) in [6.07, 6.45) is 0.